The number of ether oxygens (including phenoxy) is 1. The molecule has 0 spiro atoms. The molecule has 0 aliphatic carbocycles. The predicted molar refractivity (Wildman–Crippen MR) is 79.4 cm³/mol. The summed E-state index contributed by atoms with van der Waals surface area (Å²) in [5, 5.41) is 12.2. The van der Waals surface area contributed by atoms with Gasteiger partial charge in [0.1, 0.15) is 11.9 Å². The van der Waals surface area contributed by atoms with Crippen LogP contribution in [0.1, 0.15) is 31.0 Å². The molecule has 0 amide bonds. The zero-order valence-corrected chi connectivity index (χ0v) is 12.8. The van der Waals surface area contributed by atoms with Gasteiger partial charge in [0.25, 0.3) is 0 Å². The number of halogens is 1. The molecule has 0 radical (unpaired) electrons. The monoisotopic (exact) mass is 291 g/mol. The minimum atomic E-state index is -0.473. The van der Waals surface area contributed by atoms with E-state index in [1.165, 1.54) is 6.07 Å². The molecule has 0 bridgehead atoms. The fourth-order valence-corrected chi connectivity index (χ4v) is 2.92. The molecule has 5 heteroatoms. The average Bonchev–Trinajstić information content (AvgIpc) is 2.48. The van der Waals surface area contributed by atoms with E-state index in [-0.39, 0.29) is 17.7 Å². The first-order valence-corrected chi connectivity index (χ1v) is 7.30. The molecule has 2 atom stereocenters. The van der Waals surface area contributed by atoms with Crippen molar-refractivity contribution in [3.63, 3.8) is 0 Å². The quantitative estimate of drug-likeness (QED) is 0.922. The predicted octanol–water partition coefficient (Wildman–Crippen LogP) is 2.07. The number of likely N-dealkylation sites (N-methyl/N-ethyl adjacent to an activating group) is 1. The Morgan fingerprint density at radius 1 is 1.52 bits per heavy atom. The summed E-state index contributed by atoms with van der Waals surface area (Å²) in [5.41, 5.74) is 1.02. The topological polar surface area (TPSA) is 48.3 Å². The summed E-state index contributed by atoms with van der Waals surface area (Å²) in [7, 11) is 1.89. The molecule has 1 aromatic rings. The van der Waals surface area contributed by atoms with Crippen LogP contribution in [0.2, 0.25) is 0 Å². The summed E-state index contributed by atoms with van der Waals surface area (Å²) < 4.78 is 19.4. The minimum absolute atomic E-state index is 0.0110. The Kier molecular flexibility index (Phi) is 5.29. The van der Waals surface area contributed by atoms with Crippen molar-refractivity contribution in [2.75, 3.05) is 26.7 Å². The van der Waals surface area contributed by atoms with Crippen molar-refractivity contribution in [3.05, 3.63) is 35.1 Å². The molecule has 21 heavy (non-hydrogen) atoms. The minimum Gasteiger partial charge on any atom is -0.374 e. The van der Waals surface area contributed by atoms with E-state index < -0.39 is 5.82 Å². The standard InChI is InChI=1S/C16H22FN3O/c1-11(2)20-6-7-21-15(10-19-3)16(20)12-4-5-14(17)13(8-12)9-18/h4-5,8,11,15-16,19H,6-7,10H2,1-3H3. The molecule has 4 nitrogen and oxygen atoms in total. The van der Waals surface area contributed by atoms with E-state index in [9.17, 15) is 4.39 Å². The lowest BCUT2D eigenvalue weighted by Crippen LogP contribution is -2.51. The number of nitriles is 1. The number of nitrogens with zero attached hydrogens (tertiary/aromatic N) is 2. The molecule has 1 aromatic carbocycles. The van der Waals surface area contributed by atoms with E-state index in [2.05, 4.69) is 24.1 Å². The van der Waals surface area contributed by atoms with Crippen molar-refractivity contribution in [3.8, 4) is 6.07 Å². The molecule has 0 saturated carbocycles. The van der Waals surface area contributed by atoms with Crippen LogP contribution in [0.4, 0.5) is 4.39 Å². The van der Waals surface area contributed by atoms with E-state index in [1.54, 1.807) is 12.1 Å². The highest BCUT2D eigenvalue weighted by Crippen LogP contribution is 2.32. The summed E-state index contributed by atoms with van der Waals surface area (Å²) in [6.07, 6.45) is -0.0110. The van der Waals surface area contributed by atoms with Crippen LogP contribution in [0.15, 0.2) is 18.2 Å². The van der Waals surface area contributed by atoms with Gasteiger partial charge < -0.3 is 10.1 Å². The maximum absolute atomic E-state index is 13.6. The first-order valence-electron chi connectivity index (χ1n) is 7.30. The molecule has 1 aliphatic rings. The van der Waals surface area contributed by atoms with E-state index in [0.717, 1.165) is 12.1 Å². The summed E-state index contributed by atoms with van der Waals surface area (Å²) in [4.78, 5) is 2.35. The molecule has 1 fully saturated rings. The van der Waals surface area contributed by atoms with Gasteiger partial charge in [-0.3, -0.25) is 4.90 Å². The SMILES string of the molecule is CNCC1OCCN(C(C)C)C1c1ccc(F)c(C#N)c1. The molecular weight excluding hydrogens is 269 g/mol. The molecule has 1 saturated heterocycles. The Hall–Kier alpha value is -1.48. The third-order valence-corrected chi connectivity index (χ3v) is 3.91. The Balaban J connectivity index is 2.40. The van der Waals surface area contributed by atoms with Crippen molar-refractivity contribution in [2.45, 2.75) is 32.0 Å². The van der Waals surface area contributed by atoms with E-state index in [0.29, 0.717) is 19.2 Å². The second kappa shape index (κ2) is 6.99. The molecule has 0 aromatic heterocycles. The lowest BCUT2D eigenvalue weighted by molar-refractivity contribution is -0.0815. The molecule has 2 rings (SSSR count). The summed E-state index contributed by atoms with van der Waals surface area (Å²) in [5.74, 6) is -0.473. The van der Waals surface area contributed by atoms with Gasteiger partial charge in [-0.2, -0.15) is 5.26 Å². The zero-order chi connectivity index (χ0) is 15.4. The van der Waals surface area contributed by atoms with Gasteiger partial charge in [0.05, 0.1) is 24.3 Å². The van der Waals surface area contributed by atoms with Crippen LogP contribution in [0, 0.1) is 17.1 Å². The van der Waals surface area contributed by atoms with Crippen LogP contribution in [0.25, 0.3) is 0 Å². The first-order chi connectivity index (χ1) is 10.1. The molecular formula is C16H22FN3O. The van der Waals surface area contributed by atoms with Crippen LogP contribution in [-0.4, -0.2) is 43.8 Å². The van der Waals surface area contributed by atoms with E-state index in [4.69, 9.17) is 10.00 Å². The third-order valence-electron chi connectivity index (χ3n) is 3.91. The highest BCUT2D eigenvalue weighted by Gasteiger charge is 2.34. The Morgan fingerprint density at radius 3 is 2.90 bits per heavy atom. The number of benzene rings is 1. The second-order valence-corrected chi connectivity index (χ2v) is 5.59. The third kappa shape index (κ3) is 3.41. The normalized spacial score (nSPS) is 23.2. The summed E-state index contributed by atoms with van der Waals surface area (Å²) in [6, 6.07) is 7.07. The van der Waals surface area contributed by atoms with Crippen molar-refractivity contribution >= 4 is 0 Å². The molecule has 1 heterocycles. The largest absolute Gasteiger partial charge is 0.374 e. The van der Waals surface area contributed by atoms with Crippen molar-refractivity contribution in [1.82, 2.24) is 10.2 Å². The van der Waals surface area contributed by atoms with E-state index >= 15 is 0 Å². The Labute approximate surface area is 125 Å². The van der Waals surface area contributed by atoms with Gasteiger partial charge in [-0.25, -0.2) is 4.39 Å². The van der Waals surface area contributed by atoms with Crippen molar-refractivity contribution in [2.24, 2.45) is 0 Å². The fraction of sp³-hybridized carbons (Fsp3) is 0.562. The van der Waals surface area contributed by atoms with Crippen LogP contribution in [-0.2, 0) is 4.74 Å². The summed E-state index contributed by atoms with van der Waals surface area (Å²) in [6.45, 7) is 6.52. The van der Waals surface area contributed by atoms with Crippen LogP contribution < -0.4 is 5.32 Å². The van der Waals surface area contributed by atoms with Crippen molar-refractivity contribution < 1.29 is 9.13 Å². The Morgan fingerprint density at radius 2 is 2.29 bits per heavy atom. The maximum Gasteiger partial charge on any atom is 0.140 e. The highest BCUT2D eigenvalue weighted by atomic mass is 19.1. The van der Waals surface area contributed by atoms with Gasteiger partial charge in [-0.05, 0) is 38.6 Å². The number of nitrogens with one attached hydrogen (secondary N) is 1. The summed E-state index contributed by atoms with van der Waals surface area (Å²) >= 11 is 0. The Bertz CT molecular complexity index is 525. The van der Waals surface area contributed by atoms with Gasteiger partial charge in [-0.1, -0.05) is 6.07 Å². The molecule has 1 aliphatic heterocycles. The second-order valence-electron chi connectivity index (χ2n) is 5.59. The number of hydrogen-bond acceptors (Lipinski definition) is 4. The molecule has 2 unspecified atom stereocenters. The number of rotatable bonds is 4. The van der Waals surface area contributed by atoms with Gasteiger partial charge in [0, 0.05) is 19.1 Å². The van der Waals surface area contributed by atoms with E-state index in [1.807, 2.05) is 13.1 Å². The number of hydrogen-bond donors (Lipinski definition) is 1. The van der Waals surface area contributed by atoms with Gasteiger partial charge in [-0.15, -0.1) is 0 Å². The maximum atomic E-state index is 13.6. The molecule has 1 N–H and O–H groups in total. The lowest BCUT2D eigenvalue weighted by atomic mass is 9.95. The van der Waals surface area contributed by atoms with Crippen LogP contribution in [0.3, 0.4) is 0 Å². The fourth-order valence-electron chi connectivity index (χ4n) is 2.92. The van der Waals surface area contributed by atoms with Crippen LogP contribution >= 0.6 is 0 Å². The lowest BCUT2D eigenvalue weighted by Gasteiger charge is -2.43. The van der Waals surface area contributed by atoms with Gasteiger partial charge in [0.2, 0.25) is 0 Å². The van der Waals surface area contributed by atoms with Crippen LogP contribution in [0.5, 0.6) is 0 Å². The van der Waals surface area contributed by atoms with Crippen molar-refractivity contribution in [1.29, 1.82) is 5.26 Å². The zero-order valence-electron chi connectivity index (χ0n) is 12.8. The highest BCUT2D eigenvalue weighted by molar-refractivity contribution is 5.36. The van der Waals surface area contributed by atoms with Gasteiger partial charge in [0.15, 0.2) is 0 Å². The number of morpholine rings is 1. The smallest absolute Gasteiger partial charge is 0.140 e. The van der Waals surface area contributed by atoms with Gasteiger partial charge >= 0.3 is 0 Å². The first kappa shape index (κ1) is 15.9. The molecule has 114 valence electrons. The average molecular weight is 291 g/mol.